The second-order valence-corrected chi connectivity index (χ2v) is 9.85. The maximum absolute atomic E-state index is 14.0. The number of amides is 3. The number of fused-ring (bicyclic) bond motifs is 3. The molecule has 8 nitrogen and oxygen atoms in total. The van der Waals surface area contributed by atoms with Crippen LogP contribution in [-0.4, -0.2) is 52.9 Å². The van der Waals surface area contributed by atoms with Crippen molar-refractivity contribution in [3.05, 3.63) is 71.3 Å². The third kappa shape index (κ3) is 6.36. The van der Waals surface area contributed by atoms with Crippen LogP contribution < -0.4 is 5.32 Å². The van der Waals surface area contributed by atoms with Crippen molar-refractivity contribution in [1.29, 1.82) is 5.26 Å². The molecule has 0 radical (unpaired) electrons. The Balaban J connectivity index is 1.72. The van der Waals surface area contributed by atoms with Gasteiger partial charge in [-0.05, 0) is 47.6 Å². The van der Waals surface area contributed by atoms with Gasteiger partial charge in [0.1, 0.15) is 25.2 Å². The van der Waals surface area contributed by atoms with Crippen LogP contribution in [0.5, 0.6) is 0 Å². The van der Waals surface area contributed by atoms with E-state index in [1.165, 1.54) is 9.80 Å². The lowest BCUT2D eigenvalue weighted by molar-refractivity contribution is -0.141. The van der Waals surface area contributed by atoms with Crippen LogP contribution >= 0.6 is 0 Å². The summed E-state index contributed by atoms with van der Waals surface area (Å²) in [6.45, 7) is 4.02. The molecular formula is C29H32N4O4. The highest BCUT2D eigenvalue weighted by Crippen LogP contribution is 2.26. The second-order valence-electron chi connectivity index (χ2n) is 9.85. The van der Waals surface area contributed by atoms with Crippen LogP contribution in [0.3, 0.4) is 0 Å². The first-order valence-electron chi connectivity index (χ1n) is 12.6. The number of nitriles is 1. The van der Waals surface area contributed by atoms with Crippen LogP contribution in [-0.2, 0) is 27.4 Å². The predicted molar refractivity (Wildman–Crippen MR) is 140 cm³/mol. The van der Waals surface area contributed by atoms with Gasteiger partial charge in [0.2, 0.25) is 11.8 Å². The number of rotatable bonds is 4. The molecule has 37 heavy (non-hydrogen) atoms. The van der Waals surface area contributed by atoms with Crippen LogP contribution in [0.25, 0.3) is 6.08 Å². The summed E-state index contributed by atoms with van der Waals surface area (Å²) in [4.78, 5) is 43.1. The topological polar surface area (TPSA) is 103 Å². The Morgan fingerprint density at radius 1 is 1.19 bits per heavy atom. The Morgan fingerprint density at radius 2 is 1.97 bits per heavy atom. The van der Waals surface area contributed by atoms with Gasteiger partial charge in [-0.1, -0.05) is 62.4 Å². The molecule has 3 amide bonds. The summed E-state index contributed by atoms with van der Waals surface area (Å²) in [5.41, 5.74) is 3.19. The summed E-state index contributed by atoms with van der Waals surface area (Å²) in [5.74, 6) is -0.723. The average Bonchev–Trinajstić information content (AvgIpc) is 2.88. The van der Waals surface area contributed by atoms with Crippen molar-refractivity contribution in [2.24, 2.45) is 5.92 Å². The molecule has 2 atom stereocenters. The number of carbonyl (C=O) groups excluding carboxylic acids is 3. The fraction of sp³-hybridized carbons (Fsp3) is 0.379. The molecule has 1 N–H and O–H groups in total. The molecule has 2 heterocycles. The number of carbonyl (C=O) groups is 3. The van der Waals surface area contributed by atoms with Gasteiger partial charge in [0.05, 0.1) is 6.07 Å². The minimum atomic E-state index is -0.872. The van der Waals surface area contributed by atoms with E-state index in [1.807, 2.05) is 74.5 Å². The summed E-state index contributed by atoms with van der Waals surface area (Å²) in [6.07, 6.45) is 4.47. The monoisotopic (exact) mass is 500 g/mol. The number of ether oxygens (including phenoxy) is 1. The predicted octanol–water partition coefficient (Wildman–Crippen LogP) is 4.37. The summed E-state index contributed by atoms with van der Waals surface area (Å²) < 4.78 is 5.64. The maximum atomic E-state index is 14.0. The third-order valence-electron chi connectivity index (χ3n) is 6.58. The zero-order valence-corrected chi connectivity index (χ0v) is 21.2. The number of benzene rings is 2. The highest BCUT2D eigenvalue weighted by atomic mass is 16.6. The van der Waals surface area contributed by atoms with E-state index in [-0.39, 0.29) is 37.9 Å². The molecule has 2 aromatic rings. The van der Waals surface area contributed by atoms with Crippen LogP contribution in [0.2, 0.25) is 0 Å². The van der Waals surface area contributed by atoms with Crippen molar-refractivity contribution in [3.63, 3.8) is 0 Å². The van der Waals surface area contributed by atoms with Crippen molar-refractivity contribution in [2.45, 2.75) is 51.8 Å². The molecule has 0 saturated heterocycles. The largest absolute Gasteiger partial charge is 0.445 e. The first-order valence-corrected chi connectivity index (χ1v) is 12.6. The van der Waals surface area contributed by atoms with Crippen LogP contribution in [0, 0.1) is 17.2 Å². The van der Waals surface area contributed by atoms with E-state index in [0.717, 1.165) is 16.7 Å². The van der Waals surface area contributed by atoms with Gasteiger partial charge >= 0.3 is 6.09 Å². The summed E-state index contributed by atoms with van der Waals surface area (Å²) >= 11 is 0. The fourth-order valence-corrected chi connectivity index (χ4v) is 4.74. The number of hydrogen-bond acceptors (Lipinski definition) is 5. The van der Waals surface area contributed by atoms with Gasteiger partial charge in [0.25, 0.3) is 0 Å². The molecule has 0 aromatic heterocycles. The van der Waals surface area contributed by atoms with E-state index in [9.17, 15) is 19.6 Å². The molecule has 8 heteroatoms. The molecule has 192 valence electrons. The molecule has 0 spiro atoms. The minimum Gasteiger partial charge on any atom is -0.445 e. The van der Waals surface area contributed by atoms with Crippen molar-refractivity contribution < 1.29 is 19.1 Å². The van der Waals surface area contributed by atoms with Crippen molar-refractivity contribution in [1.82, 2.24) is 9.80 Å². The summed E-state index contributed by atoms with van der Waals surface area (Å²) in [5, 5.41) is 12.9. The van der Waals surface area contributed by atoms with Crippen LogP contribution in [0.1, 0.15) is 43.4 Å². The summed E-state index contributed by atoms with van der Waals surface area (Å²) in [7, 11) is 0. The van der Waals surface area contributed by atoms with E-state index in [4.69, 9.17) is 4.74 Å². The lowest BCUT2D eigenvalue weighted by Crippen LogP contribution is -2.56. The zero-order valence-electron chi connectivity index (χ0n) is 21.2. The van der Waals surface area contributed by atoms with E-state index in [2.05, 4.69) is 11.4 Å². The average molecular weight is 501 g/mol. The molecule has 0 saturated carbocycles. The van der Waals surface area contributed by atoms with Crippen molar-refractivity contribution >= 4 is 29.7 Å². The molecule has 2 aliphatic rings. The Hall–Kier alpha value is -4.12. The van der Waals surface area contributed by atoms with E-state index in [1.54, 1.807) is 0 Å². The van der Waals surface area contributed by atoms with E-state index < -0.39 is 24.1 Å². The van der Waals surface area contributed by atoms with Gasteiger partial charge in [-0.25, -0.2) is 4.79 Å². The maximum Gasteiger partial charge on any atom is 0.410 e. The normalized spacial score (nSPS) is 20.7. The molecule has 4 rings (SSSR count). The Morgan fingerprint density at radius 3 is 2.70 bits per heavy atom. The highest BCUT2D eigenvalue weighted by molar-refractivity contribution is 5.97. The van der Waals surface area contributed by atoms with Gasteiger partial charge in [-0.2, -0.15) is 5.26 Å². The number of anilines is 1. The highest BCUT2D eigenvalue weighted by Gasteiger charge is 2.38. The number of nitrogens with zero attached hydrogens (tertiary/aromatic N) is 3. The Bertz CT molecular complexity index is 1220. The minimum absolute atomic E-state index is 0.0790. The fourth-order valence-electron chi connectivity index (χ4n) is 4.74. The van der Waals surface area contributed by atoms with Crippen molar-refractivity contribution in [2.75, 3.05) is 18.4 Å². The SMILES string of the molecule is CC(C)C[C@@H]1C(=O)N2CC(=O)Nc3ccc(cc3C[C@H]2C#N)/C=C\CCN1C(=O)OCc1ccccc1. The molecule has 2 aliphatic heterocycles. The quantitative estimate of drug-likeness (QED) is 0.672. The first-order chi connectivity index (χ1) is 17.9. The molecular weight excluding hydrogens is 468 g/mol. The van der Waals surface area contributed by atoms with Gasteiger partial charge < -0.3 is 15.0 Å². The van der Waals surface area contributed by atoms with Gasteiger partial charge in [-0.15, -0.1) is 0 Å². The first kappa shape index (κ1) is 26.0. The molecule has 2 aromatic carbocycles. The number of nitrogens with one attached hydrogen (secondary N) is 1. The Kier molecular flexibility index (Phi) is 8.24. The van der Waals surface area contributed by atoms with E-state index >= 15 is 0 Å². The Labute approximate surface area is 217 Å². The van der Waals surface area contributed by atoms with Crippen LogP contribution in [0.4, 0.5) is 10.5 Å². The zero-order chi connectivity index (χ0) is 26.4. The third-order valence-corrected chi connectivity index (χ3v) is 6.58. The standard InChI is InChI=1S/C29H32N4O4/c1-20(2)14-26-28(35)33-18-27(34)31-25-12-11-21(15-23(25)16-24(33)17-30)8-6-7-13-32(26)29(36)37-19-22-9-4-3-5-10-22/h3-6,8-12,15,20,24,26H,7,13-14,16,18-19H2,1-2H3,(H,31,34)/b8-6-/t24-,26+/m0/s1. The molecule has 0 aliphatic carbocycles. The lowest BCUT2D eigenvalue weighted by Gasteiger charge is -2.37. The molecule has 0 unspecified atom stereocenters. The molecule has 3 bridgehead atoms. The van der Waals surface area contributed by atoms with Crippen molar-refractivity contribution in [3.8, 4) is 6.07 Å². The second kappa shape index (κ2) is 11.7. The smallest absolute Gasteiger partial charge is 0.410 e. The van der Waals surface area contributed by atoms with Gasteiger partial charge in [0.15, 0.2) is 0 Å². The van der Waals surface area contributed by atoms with E-state index in [0.29, 0.717) is 18.5 Å². The molecule has 0 fully saturated rings. The van der Waals surface area contributed by atoms with Crippen LogP contribution in [0.15, 0.2) is 54.6 Å². The summed E-state index contributed by atoms with van der Waals surface area (Å²) in [6, 6.07) is 15.5. The van der Waals surface area contributed by atoms with Gasteiger partial charge in [-0.3, -0.25) is 14.5 Å². The van der Waals surface area contributed by atoms with Gasteiger partial charge in [0, 0.05) is 18.7 Å². The number of hydrogen-bond donors (Lipinski definition) is 1. The lowest BCUT2D eigenvalue weighted by atomic mass is 9.97.